The number of fused-ring (bicyclic) bond motifs is 1. The lowest BCUT2D eigenvalue weighted by atomic mass is 10.1. The van der Waals surface area contributed by atoms with Crippen LogP contribution in [0, 0.1) is 0 Å². The van der Waals surface area contributed by atoms with Crippen LogP contribution in [0.5, 0.6) is 11.5 Å². The topological polar surface area (TPSA) is 81.5 Å². The van der Waals surface area contributed by atoms with E-state index >= 15 is 0 Å². The number of likely N-dealkylation sites (tertiary alicyclic amines) is 1. The molecule has 1 amide bonds. The van der Waals surface area contributed by atoms with Crippen molar-refractivity contribution in [3.05, 3.63) is 54.5 Å². The molecule has 0 unspecified atom stereocenters. The normalized spacial score (nSPS) is 20.2. The fourth-order valence-electron chi connectivity index (χ4n) is 4.13. The maximum Gasteiger partial charge on any atom is 0.241 e. The second-order valence-corrected chi connectivity index (χ2v) is 7.68. The maximum atomic E-state index is 14.3. The molecule has 9 heteroatoms. The molecule has 0 bridgehead atoms. The molecular formula is C22H22FN5O3. The van der Waals surface area contributed by atoms with E-state index in [0.717, 1.165) is 11.3 Å². The summed E-state index contributed by atoms with van der Waals surface area (Å²) in [6.45, 7) is 0.607. The van der Waals surface area contributed by atoms with Gasteiger partial charge in [-0.25, -0.2) is 4.39 Å². The van der Waals surface area contributed by atoms with E-state index in [-0.39, 0.29) is 25.7 Å². The fourth-order valence-corrected chi connectivity index (χ4v) is 4.13. The first kappa shape index (κ1) is 19.5. The van der Waals surface area contributed by atoms with Gasteiger partial charge in [-0.15, -0.1) is 0 Å². The largest absolute Gasteiger partial charge is 0.453 e. The van der Waals surface area contributed by atoms with Crippen molar-refractivity contribution in [2.45, 2.75) is 25.2 Å². The Kier molecular flexibility index (Phi) is 5.03. The summed E-state index contributed by atoms with van der Waals surface area (Å²) in [6.07, 6.45) is 2.41. The molecule has 8 nitrogen and oxygen atoms in total. The van der Waals surface area contributed by atoms with Gasteiger partial charge in [-0.1, -0.05) is 12.1 Å². The van der Waals surface area contributed by atoms with Crippen molar-refractivity contribution in [1.82, 2.24) is 19.7 Å². The molecule has 3 aromatic rings. The zero-order chi connectivity index (χ0) is 21.4. The van der Waals surface area contributed by atoms with Crippen LogP contribution in [0.2, 0.25) is 0 Å². The average molecular weight is 423 g/mol. The van der Waals surface area contributed by atoms with E-state index in [0.29, 0.717) is 29.4 Å². The highest BCUT2D eigenvalue weighted by molar-refractivity contribution is 5.95. The summed E-state index contributed by atoms with van der Waals surface area (Å²) in [5.74, 6) is 0.939. The van der Waals surface area contributed by atoms with E-state index in [1.54, 1.807) is 28.0 Å². The molecule has 0 saturated carbocycles. The molecule has 0 spiro atoms. The molecular weight excluding hydrogens is 401 g/mol. The number of carbonyl (C=O) groups is 1. The third-order valence-corrected chi connectivity index (χ3v) is 5.61. The zero-order valence-electron chi connectivity index (χ0n) is 17.0. The van der Waals surface area contributed by atoms with Gasteiger partial charge in [-0.05, 0) is 18.2 Å². The Bertz CT molecular complexity index is 1120. The smallest absolute Gasteiger partial charge is 0.241 e. The molecule has 2 aliphatic heterocycles. The van der Waals surface area contributed by atoms with Gasteiger partial charge < -0.3 is 14.8 Å². The minimum atomic E-state index is -1.08. The van der Waals surface area contributed by atoms with Crippen molar-refractivity contribution in [3.63, 3.8) is 0 Å². The van der Waals surface area contributed by atoms with Crippen LogP contribution in [0.1, 0.15) is 12.1 Å². The Morgan fingerprint density at radius 1 is 1.26 bits per heavy atom. The van der Waals surface area contributed by atoms with E-state index in [2.05, 4.69) is 15.4 Å². The number of rotatable bonds is 5. The number of halogens is 1. The summed E-state index contributed by atoms with van der Waals surface area (Å²) in [6, 6.07) is 10.6. The fraction of sp³-hybridized carbons (Fsp3) is 0.318. The van der Waals surface area contributed by atoms with Gasteiger partial charge in [0.25, 0.3) is 0 Å². The van der Waals surface area contributed by atoms with Gasteiger partial charge in [-0.3, -0.25) is 19.4 Å². The first-order valence-corrected chi connectivity index (χ1v) is 10.1. The van der Waals surface area contributed by atoms with Crippen molar-refractivity contribution >= 4 is 11.6 Å². The number of aryl methyl sites for hydroxylation is 1. The van der Waals surface area contributed by atoms with Gasteiger partial charge in [0.05, 0.1) is 11.7 Å². The first-order chi connectivity index (χ1) is 15.1. The highest BCUT2D eigenvalue weighted by Gasteiger charge is 2.38. The number of nitrogens with zero attached hydrogens (tertiary/aromatic N) is 4. The van der Waals surface area contributed by atoms with E-state index in [4.69, 9.17) is 9.47 Å². The third-order valence-electron chi connectivity index (χ3n) is 5.61. The predicted molar refractivity (Wildman–Crippen MR) is 111 cm³/mol. The van der Waals surface area contributed by atoms with Crippen LogP contribution in [-0.2, 0) is 18.4 Å². The molecule has 0 aliphatic carbocycles. The summed E-state index contributed by atoms with van der Waals surface area (Å²) >= 11 is 0. The number of anilines is 1. The molecule has 160 valence electrons. The second kappa shape index (κ2) is 7.99. The Labute approximate surface area is 178 Å². The van der Waals surface area contributed by atoms with Gasteiger partial charge in [0, 0.05) is 56.3 Å². The average Bonchev–Trinajstić information content (AvgIpc) is 3.48. The van der Waals surface area contributed by atoms with Gasteiger partial charge in [0.1, 0.15) is 11.9 Å². The molecule has 4 heterocycles. The standard InChI is InChI=1S/C22H22FN5O3/c1-27-18(5-8-25-27)14-3-2-4-16(9-14)26-22(29)19-10-15(23)11-28(19)12-17-21-20(6-7-24-17)30-13-31-21/h2-9,15,19H,10-13H2,1H3,(H,26,29)/t15-,19+/m0/s1. The van der Waals surface area contributed by atoms with Crippen LogP contribution in [0.4, 0.5) is 10.1 Å². The van der Waals surface area contributed by atoms with Gasteiger partial charge in [-0.2, -0.15) is 5.10 Å². The number of carbonyl (C=O) groups excluding carboxylic acids is 1. The number of pyridine rings is 1. The monoisotopic (exact) mass is 423 g/mol. The number of aromatic nitrogens is 3. The minimum absolute atomic E-state index is 0.136. The molecule has 1 saturated heterocycles. The molecule has 5 rings (SSSR count). The lowest BCUT2D eigenvalue weighted by molar-refractivity contribution is -0.120. The van der Waals surface area contributed by atoms with Crippen LogP contribution in [0.3, 0.4) is 0 Å². The highest BCUT2D eigenvalue weighted by Crippen LogP contribution is 2.36. The van der Waals surface area contributed by atoms with Gasteiger partial charge in [0.15, 0.2) is 11.5 Å². The number of ether oxygens (including phenoxy) is 2. The summed E-state index contributed by atoms with van der Waals surface area (Å²) in [5.41, 5.74) is 3.17. The third kappa shape index (κ3) is 3.84. The molecule has 0 radical (unpaired) electrons. The highest BCUT2D eigenvalue weighted by atomic mass is 19.1. The number of benzene rings is 1. The van der Waals surface area contributed by atoms with Crippen LogP contribution >= 0.6 is 0 Å². The quantitative estimate of drug-likeness (QED) is 0.680. The van der Waals surface area contributed by atoms with E-state index in [1.165, 1.54) is 0 Å². The Morgan fingerprint density at radius 3 is 3.00 bits per heavy atom. The van der Waals surface area contributed by atoms with Crippen LogP contribution < -0.4 is 14.8 Å². The van der Waals surface area contributed by atoms with E-state index in [9.17, 15) is 9.18 Å². The molecule has 31 heavy (non-hydrogen) atoms. The van der Waals surface area contributed by atoms with Gasteiger partial charge >= 0.3 is 0 Å². The summed E-state index contributed by atoms with van der Waals surface area (Å²) in [5, 5.41) is 7.13. The van der Waals surface area contributed by atoms with Crippen molar-refractivity contribution < 1.29 is 18.7 Å². The Hall–Kier alpha value is -3.46. The van der Waals surface area contributed by atoms with E-state index in [1.807, 2.05) is 37.4 Å². The number of hydrogen-bond acceptors (Lipinski definition) is 6. The SMILES string of the molecule is Cn1nccc1-c1cccc(NC(=O)[C@H]2C[C@H](F)CN2Cc2nccc3c2OCO3)c1. The molecule has 2 atom stereocenters. The Morgan fingerprint density at radius 2 is 2.16 bits per heavy atom. The Balaban J connectivity index is 1.33. The van der Waals surface area contributed by atoms with Crippen molar-refractivity contribution in [3.8, 4) is 22.8 Å². The van der Waals surface area contributed by atoms with Crippen LogP contribution in [0.15, 0.2) is 48.8 Å². The molecule has 1 aromatic carbocycles. The molecule has 2 aromatic heterocycles. The van der Waals surface area contributed by atoms with E-state index < -0.39 is 12.2 Å². The maximum absolute atomic E-state index is 14.3. The van der Waals surface area contributed by atoms with Gasteiger partial charge in [0.2, 0.25) is 12.7 Å². The zero-order valence-corrected chi connectivity index (χ0v) is 17.0. The summed E-state index contributed by atoms with van der Waals surface area (Å²) < 4.78 is 26.9. The molecule has 1 N–H and O–H groups in total. The number of amides is 1. The van der Waals surface area contributed by atoms with Crippen molar-refractivity contribution in [2.75, 3.05) is 18.7 Å². The first-order valence-electron chi connectivity index (χ1n) is 10.1. The molecule has 1 fully saturated rings. The number of nitrogens with one attached hydrogen (secondary N) is 1. The summed E-state index contributed by atoms with van der Waals surface area (Å²) in [7, 11) is 1.86. The number of alkyl halides is 1. The van der Waals surface area contributed by atoms with Crippen LogP contribution in [0.25, 0.3) is 11.3 Å². The second-order valence-electron chi connectivity index (χ2n) is 7.68. The lowest BCUT2D eigenvalue weighted by Gasteiger charge is -2.23. The molecule has 2 aliphatic rings. The predicted octanol–water partition coefficient (Wildman–Crippen LogP) is 2.76. The van der Waals surface area contributed by atoms with Crippen LogP contribution in [-0.4, -0.2) is 51.1 Å². The number of hydrogen-bond donors (Lipinski definition) is 1. The lowest BCUT2D eigenvalue weighted by Crippen LogP contribution is -2.39. The summed E-state index contributed by atoms with van der Waals surface area (Å²) in [4.78, 5) is 19.2. The van der Waals surface area contributed by atoms with Crippen molar-refractivity contribution in [1.29, 1.82) is 0 Å². The van der Waals surface area contributed by atoms with Crippen molar-refractivity contribution in [2.24, 2.45) is 7.05 Å². The minimum Gasteiger partial charge on any atom is -0.453 e.